The van der Waals surface area contributed by atoms with E-state index in [1.54, 1.807) is 65.8 Å². The summed E-state index contributed by atoms with van der Waals surface area (Å²) in [4.78, 5) is 40.7. The molecule has 2 aromatic rings. The fourth-order valence-electron chi connectivity index (χ4n) is 3.58. The van der Waals surface area contributed by atoms with Gasteiger partial charge >= 0.3 is 6.09 Å². The van der Waals surface area contributed by atoms with Gasteiger partial charge in [0.1, 0.15) is 17.4 Å². The van der Waals surface area contributed by atoms with Crippen molar-refractivity contribution in [1.29, 1.82) is 0 Å². The number of amides is 3. The maximum absolute atomic E-state index is 13.7. The smallest absolute Gasteiger partial charge is 0.408 e. The highest BCUT2D eigenvalue weighted by Crippen LogP contribution is 2.33. The number of hydrogen-bond donors (Lipinski definition) is 3. The van der Waals surface area contributed by atoms with Crippen LogP contribution in [0.4, 0.5) is 10.5 Å². The fraction of sp³-hybridized carbons (Fsp3) is 0.393. The highest BCUT2D eigenvalue weighted by molar-refractivity contribution is 6.00. The molecule has 0 bridgehead atoms. The Labute approximate surface area is 213 Å². The van der Waals surface area contributed by atoms with Crippen LogP contribution in [0.2, 0.25) is 0 Å². The number of carbonyl (C=O) groups excluding carboxylic acids is 3. The van der Waals surface area contributed by atoms with Crippen molar-refractivity contribution >= 4 is 23.6 Å². The monoisotopic (exact) mass is 493 g/mol. The van der Waals surface area contributed by atoms with Gasteiger partial charge in [0.2, 0.25) is 0 Å². The summed E-state index contributed by atoms with van der Waals surface area (Å²) in [5.74, 6) is -1.84. The lowest BCUT2D eigenvalue weighted by atomic mass is 9.97. The molecule has 0 aliphatic rings. The quantitative estimate of drug-likeness (QED) is 0.384. The number of benzene rings is 2. The molecule has 2 rings (SSSR count). The number of ether oxygens (including phenoxy) is 1. The van der Waals surface area contributed by atoms with Crippen molar-refractivity contribution in [2.24, 2.45) is 5.92 Å². The van der Waals surface area contributed by atoms with Crippen molar-refractivity contribution in [1.82, 2.24) is 10.2 Å². The van der Waals surface area contributed by atoms with Crippen LogP contribution in [-0.2, 0) is 14.3 Å². The van der Waals surface area contributed by atoms with Gasteiger partial charge in [0.25, 0.3) is 11.8 Å². The van der Waals surface area contributed by atoms with Crippen LogP contribution in [0.15, 0.2) is 42.5 Å². The summed E-state index contributed by atoms with van der Waals surface area (Å²) in [5.41, 5.74) is 1.24. The van der Waals surface area contributed by atoms with Gasteiger partial charge in [-0.25, -0.2) is 4.79 Å². The molecule has 0 aliphatic heterocycles. The maximum Gasteiger partial charge on any atom is 0.408 e. The molecule has 8 heteroatoms. The molecule has 2 unspecified atom stereocenters. The number of nitrogens with zero attached hydrogens (tertiary/aromatic N) is 1. The summed E-state index contributed by atoms with van der Waals surface area (Å²) in [7, 11) is 0. The van der Waals surface area contributed by atoms with E-state index in [-0.39, 0.29) is 17.2 Å². The first-order valence-corrected chi connectivity index (χ1v) is 11.7. The van der Waals surface area contributed by atoms with E-state index in [0.717, 1.165) is 10.5 Å². The third-order valence-corrected chi connectivity index (χ3v) is 5.45. The van der Waals surface area contributed by atoms with Crippen LogP contribution in [0.1, 0.15) is 57.4 Å². The van der Waals surface area contributed by atoms with E-state index < -0.39 is 35.6 Å². The molecule has 0 heterocycles. The Morgan fingerprint density at radius 1 is 1.03 bits per heavy atom. The van der Waals surface area contributed by atoms with E-state index in [0.29, 0.717) is 11.3 Å². The first-order valence-electron chi connectivity index (χ1n) is 11.7. The number of phenols is 1. The summed E-state index contributed by atoms with van der Waals surface area (Å²) >= 11 is 0. The summed E-state index contributed by atoms with van der Waals surface area (Å²) < 4.78 is 5.31. The number of anilines is 1. The molecule has 8 nitrogen and oxygen atoms in total. The van der Waals surface area contributed by atoms with Gasteiger partial charge in [0.15, 0.2) is 6.04 Å². The Kier molecular flexibility index (Phi) is 9.12. The average molecular weight is 494 g/mol. The molecule has 0 fully saturated rings. The number of hydrogen-bond acceptors (Lipinski definition) is 5. The number of phenolic OH excluding ortho intramolecular Hbond substituents is 1. The number of carbonyl (C=O) groups is 3. The Hall–Kier alpha value is -3.99. The number of para-hydroxylation sites is 2. The van der Waals surface area contributed by atoms with Crippen LogP contribution in [0.3, 0.4) is 0 Å². The summed E-state index contributed by atoms with van der Waals surface area (Å²) in [6.07, 6.45) is 4.99. The molecule has 2 atom stereocenters. The number of nitrogens with one attached hydrogen (secondary N) is 2. The number of rotatable bonds is 7. The molecular formula is C28H35N3O5. The van der Waals surface area contributed by atoms with Crippen LogP contribution in [0, 0.1) is 32.2 Å². The largest absolute Gasteiger partial charge is 0.507 e. The predicted octanol–water partition coefficient (Wildman–Crippen LogP) is 4.66. The van der Waals surface area contributed by atoms with Gasteiger partial charge in [0.05, 0.1) is 0 Å². The topological polar surface area (TPSA) is 108 Å². The summed E-state index contributed by atoms with van der Waals surface area (Å²) in [6.45, 7) is 12.1. The van der Waals surface area contributed by atoms with E-state index in [4.69, 9.17) is 11.2 Å². The van der Waals surface area contributed by atoms with Crippen LogP contribution >= 0.6 is 0 Å². The number of terminal acetylenes is 1. The predicted molar refractivity (Wildman–Crippen MR) is 139 cm³/mol. The lowest BCUT2D eigenvalue weighted by molar-refractivity contribution is -0.137. The second-order valence-corrected chi connectivity index (χ2v) is 9.92. The molecule has 0 radical (unpaired) electrons. The van der Waals surface area contributed by atoms with Gasteiger partial charge in [0, 0.05) is 17.3 Å². The van der Waals surface area contributed by atoms with E-state index in [1.165, 1.54) is 6.07 Å². The maximum atomic E-state index is 13.7. The lowest BCUT2D eigenvalue weighted by Gasteiger charge is -2.32. The highest BCUT2D eigenvalue weighted by atomic mass is 16.6. The SMILES string of the molecule is C#CN(C(=O)C(NC(=O)OC(C)(C)C)C(C)C)C(C(=O)Nc1ccccc1C)c1cccc(C)c1O. The average Bonchev–Trinajstić information content (AvgIpc) is 2.77. The number of aryl methyl sites for hydroxylation is 2. The zero-order chi connectivity index (χ0) is 27.2. The molecule has 0 saturated carbocycles. The van der Waals surface area contributed by atoms with Crippen molar-refractivity contribution in [3.05, 3.63) is 59.2 Å². The minimum Gasteiger partial charge on any atom is -0.507 e. The molecule has 2 aromatic carbocycles. The fourth-order valence-corrected chi connectivity index (χ4v) is 3.58. The van der Waals surface area contributed by atoms with E-state index >= 15 is 0 Å². The van der Waals surface area contributed by atoms with Crippen molar-refractivity contribution < 1.29 is 24.2 Å². The Bertz CT molecular complexity index is 1160. The van der Waals surface area contributed by atoms with Gasteiger partial charge < -0.3 is 20.5 Å². The van der Waals surface area contributed by atoms with E-state index in [1.807, 2.05) is 19.1 Å². The van der Waals surface area contributed by atoms with Crippen molar-refractivity contribution in [2.75, 3.05) is 5.32 Å². The third-order valence-electron chi connectivity index (χ3n) is 5.45. The molecular weight excluding hydrogens is 458 g/mol. The number of alkyl carbamates (subject to hydrolysis) is 1. The van der Waals surface area contributed by atoms with Crippen molar-refractivity contribution in [3.63, 3.8) is 0 Å². The molecule has 36 heavy (non-hydrogen) atoms. The summed E-state index contributed by atoms with van der Waals surface area (Å²) in [5, 5.41) is 16.2. The van der Waals surface area contributed by atoms with Gasteiger partial charge in [-0.15, -0.1) is 0 Å². The highest BCUT2D eigenvalue weighted by Gasteiger charge is 2.38. The van der Waals surface area contributed by atoms with Crippen LogP contribution in [0.5, 0.6) is 5.75 Å². The van der Waals surface area contributed by atoms with Gasteiger partial charge in [-0.3, -0.25) is 14.5 Å². The van der Waals surface area contributed by atoms with Crippen molar-refractivity contribution in [3.8, 4) is 18.2 Å². The zero-order valence-electron chi connectivity index (χ0n) is 21.9. The van der Waals surface area contributed by atoms with Gasteiger partial charge in [-0.2, -0.15) is 0 Å². The first kappa shape index (κ1) is 28.2. The summed E-state index contributed by atoms with van der Waals surface area (Å²) in [6, 6.07) is 11.9. The van der Waals surface area contributed by atoms with Crippen molar-refractivity contribution in [2.45, 2.75) is 66.2 Å². The van der Waals surface area contributed by atoms with Gasteiger partial charge in [-0.05, 0) is 57.7 Å². The zero-order valence-corrected chi connectivity index (χ0v) is 21.9. The van der Waals surface area contributed by atoms with Crippen LogP contribution in [0.25, 0.3) is 0 Å². The minimum atomic E-state index is -1.37. The lowest BCUT2D eigenvalue weighted by Crippen LogP contribution is -2.53. The van der Waals surface area contributed by atoms with E-state index in [2.05, 4.69) is 16.7 Å². The Balaban J connectivity index is 2.52. The molecule has 3 N–H and O–H groups in total. The molecule has 0 spiro atoms. The Morgan fingerprint density at radius 3 is 2.19 bits per heavy atom. The van der Waals surface area contributed by atoms with Crippen LogP contribution in [-0.4, -0.2) is 39.6 Å². The third kappa shape index (κ3) is 7.01. The minimum absolute atomic E-state index is 0.156. The number of aromatic hydroxyl groups is 1. The molecule has 0 saturated heterocycles. The molecule has 0 aromatic heterocycles. The van der Waals surface area contributed by atoms with Gasteiger partial charge in [-0.1, -0.05) is 56.7 Å². The molecule has 192 valence electrons. The molecule has 0 aliphatic carbocycles. The first-order chi connectivity index (χ1) is 16.8. The molecule has 3 amide bonds. The second-order valence-electron chi connectivity index (χ2n) is 9.92. The normalized spacial score (nSPS) is 12.8. The Morgan fingerprint density at radius 2 is 1.64 bits per heavy atom. The van der Waals surface area contributed by atoms with E-state index in [9.17, 15) is 19.5 Å². The second kappa shape index (κ2) is 11.6. The standard InChI is InChI=1S/C28H35N3O5/c1-9-31(26(34)22(17(2)3)30-27(35)36-28(6,7)8)23(20-15-12-14-19(5)24(20)32)25(33)29-21-16-11-10-13-18(21)4/h1,10-17,22-23,32H,2-8H3,(H,29,33)(H,30,35). The van der Waals surface area contributed by atoms with Crippen LogP contribution < -0.4 is 10.6 Å².